The molecule has 2 aromatic rings. The Morgan fingerprint density at radius 2 is 2.33 bits per heavy atom. The molecule has 1 N–H and O–H groups in total. The van der Waals surface area contributed by atoms with Gasteiger partial charge in [-0.25, -0.2) is 0 Å². The van der Waals surface area contributed by atoms with Crippen molar-refractivity contribution < 1.29 is 4.79 Å². The predicted molar refractivity (Wildman–Crippen MR) is 84.3 cm³/mol. The van der Waals surface area contributed by atoms with Crippen molar-refractivity contribution >= 4 is 28.4 Å². The summed E-state index contributed by atoms with van der Waals surface area (Å²) < 4.78 is 0. The first-order valence-electron chi connectivity index (χ1n) is 7.18. The van der Waals surface area contributed by atoms with Crippen LogP contribution in [0, 0.1) is 0 Å². The van der Waals surface area contributed by atoms with Gasteiger partial charge in [-0.1, -0.05) is 17.7 Å². The number of likely N-dealkylation sites (N-methyl/N-ethyl adjacent to an activating group) is 1. The zero-order valence-electron chi connectivity index (χ0n) is 12.0. The fourth-order valence-corrected chi connectivity index (χ4v) is 3.24. The maximum absolute atomic E-state index is 11.9. The minimum absolute atomic E-state index is 0.0376. The number of halogens is 1. The Balaban J connectivity index is 1.92. The molecule has 0 spiro atoms. The van der Waals surface area contributed by atoms with Crippen LogP contribution in [-0.2, 0) is 11.3 Å². The monoisotopic (exact) mass is 303 g/mol. The van der Waals surface area contributed by atoms with Crippen LogP contribution in [0.2, 0.25) is 5.02 Å². The molecule has 1 aromatic carbocycles. The van der Waals surface area contributed by atoms with Crippen molar-refractivity contribution in [2.75, 3.05) is 13.6 Å². The number of carbonyl (C=O) groups excluding carboxylic acids is 1. The smallest absolute Gasteiger partial charge is 0.237 e. The van der Waals surface area contributed by atoms with Crippen LogP contribution in [0.15, 0.2) is 30.5 Å². The summed E-state index contributed by atoms with van der Waals surface area (Å²) in [5.41, 5.74) is 2.04. The summed E-state index contributed by atoms with van der Waals surface area (Å²) in [5.74, 6) is 0.0960. The van der Waals surface area contributed by atoms with Crippen LogP contribution in [0.4, 0.5) is 0 Å². The third kappa shape index (κ3) is 2.74. The van der Waals surface area contributed by atoms with Crippen LogP contribution >= 0.6 is 11.6 Å². The average Bonchev–Trinajstić information content (AvgIpc) is 2.98. The number of benzene rings is 1. The molecule has 0 saturated carbocycles. The molecule has 21 heavy (non-hydrogen) atoms. The molecule has 1 amide bonds. The van der Waals surface area contributed by atoms with Crippen molar-refractivity contribution in [3.8, 4) is 0 Å². The lowest BCUT2D eigenvalue weighted by molar-refractivity contribution is -0.125. The van der Waals surface area contributed by atoms with Gasteiger partial charge in [0.2, 0.25) is 5.91 Å². The molecule has 4 nitrogen and oxygen atoms in total. The minimum atomic E-state index is -0.0376. The van der Waals surface area contributed by atoms with E-state index in [1.54, 1.807) is 13.2 Å². The van der Waals surface area contributed by atoms with E-state index in [0.29, 0.717) is 5.02 Å². The molecule has 1 aromatic heterocycles. The number of aromatic nitrogens is 1. The highest BCUT2D eigenvalue weighted by Gasteiger charge is 2.30. The van der Waals surface area contributed by atoms with Crippen molar-refractivity contribution in [3.05, 3.63) is 41.0 Å². The SMILES string of the molecule is CNC(=O)[C@H]1CCCN1Cc1ccc(Cl)c2cccnc12. The van der Waals surface area contributed by atoms with Gasteiger partial charge in [0.15, 0.2) is 0 Å². The molecule has 1 saturated heterocycles. The molecule has 0 radical (unpaired) electrons. The standard InChI is InChI=1S/C16H18ClN3O/c1-18-16(21)14-5-3-9-20(14)10-11-6-7-13(17)12-4-2-8-19-15(11)12/h2,4,6-8,14H,3,5,9-10H2,1H3,(H,18,21)/t14-/m1/s1. The van der Waals surface area contributed by atoms with E-state index in [2.05, 4.69) is 15.2 Å². The fraction of sp³-hybridized carbons (Fsp3) is 0.375. The highest BCUT2D eigenvalue weighted by Crippen LogP contribution is 2.27. The lowest BCUT2D eigenvalue weighted by atomic mass is 10.1. The number of nitrogens with one attached hydrogen (secondary N) is 1. The number of carbonyl (C=O) groups is 1. The fourth-order valence-electron chi connectivity index (χ4n) is 3.02. The Labute approximate surface area is 129 Å². The number of hydrogen-bond donors (Lipinski definition) is 1. The van der Waals surface area contributed by atoms with Crippen molar-refractivity contribution in [2.45, 2.75) is 25.4 Å². The summed E-state index contributed by atoms with van der Waals surface area (Å²) in [6.45, 7) is 1.66. The molecule has 0 aliphatic carbocycles. The summed E-state index contributed by atoms with van der Waals surface area (Å²) >= 11 is 6.23. The van der Waals surface area contributed by atoms with Gasteiger partial charge < -0.3 is 5.32 Å². The van der Waals surface area contributed by atoms with Crippen LogP contribution in [0.5, 0.6) is 0 Å². The zero-order chi connectivity index (χ0) is 14.8. The molecule has 110 valence electrons. The van der Waals surface area contributed by atoms with Crippen molar-refractivity contribution in [2.24, 2.45) is 0 Å². The largest absolute Gasteiger partial charge is 0.358 e. The molecular formula is C16H18ClN3O. The van der Waals surface area contributed by atoms with Gasteiger partial charge in [0.1, 0.15) is 0 Å². The van der Waals surface area contributed by atoms with Gasteiger partial charge in [0.25, 0.3) is 0 Å². The number of rotatable bonds is 3. The number of nitrogens with zero attached hydrogens (tertiary/aromatic N) is 2. The van der Waals surface area contributed by atoms with Gasteiger partial charge in [-0.05, 0) is 43.1 Å². The van der Waals surface area contributed by atoms with E-state index >= 15 is 0 Å². The van der Waals surface area contributed by atoms with E-state index in [1.807, 2.05) is 24.3 Å². The number of amides is 1. The van der Waals surface area contributed by atoms with Gasteiger partial charge in [-0.2, -0.15) is 0 Å². The molecule has 0 unspecified atom stereocenters. The van der Waals surface area contributed by atoms with Crippen LogP contribution in [0.3, 0.4) is 0 Å². The van der Waals surface area contributed by atoms with E-state index < -0.39 is 0 Å². The second kappa shape index (κ2) is 6.00. The molecule has 1 aliphatic rings. The van der Waals surface area contributed by atoms with E-state index in [0.717, 1.165) is 42.4 Å². The first kappa shape index (κ1) is 14.3. The lowest BCUT2D eigenvalue weighted by Crippen LogP contribution is -2.41. The third-order valence-corrected chi connectivity index (χ3v) is 4.42. The van der Waals surface area contributed by atoms with E-state index in [1.165, 1.54) is 0 Å². The molecule has 1 aliphatic heterocycles. The maximum Gasteiger partial charge on any atom is 0.237 e. The molecule has 5 heteroatoms. The van der Waals surface area contributed by atoms with E-state index in [9.17, 15) is 4.79 Å². The molecule has 1 atom stereocenters. The number of likely N-dealkylation sites (tertiary alicyclic amines) is 1. The van der Waals surface area contributed by atoms with Gasteiger partial charge in [-0.15, -0.1) is 0 Å². The first-order chi connectivity index (χ1) is 10.2. The van der Waals surface area contributed by atoms with Crippen molar-refractivity contribution in [1.82, 2.24) is 15.2 Å². The highest BCUT2D eigenvalue weighted by molar-refractivity contribution is 6.35. The number of hydrogen-bond acceptors (Lipinski definition) is 3. The summed E-state index contributed by atoms with van der Waals surface area (Å²) in [6.07, 6.45) is 3.75. The van der Waals surface area contributed by atoms with Gasteiger partial charge >= 0.3 is 0 Å². The summed E-state index contributed by atoms with van der Waals surface area (Å²) in [7, 11) is 1.69. The Morgan fingerprint density at radius 3 is 3.14 bits per heavy atom. The maximum atomic E-state index is 11.9. The Morgan fingerprint density at radius 1 is 1.48 bits per heavy atom. The second-order valence-corrected chi connectivity index (χ2v) is 5.76. The molecule has 2 heterocycles. The van der Waals surface area contributed by atoms with Gasteiger partial charge in [0.05, 0.1) is 11.6 Å². The Hall–Kier alpha value is -1.65. The topological polar surface area (TPSA) is 45.2 Å². The quantitative estimate of drug-likeness (QED) is 0.948. The highest BCUT2D eigenvalue weighted by atomic mass is 35.5. The molecular weight excluding hydrogens is 286 g/mol. The van der Waals surface area contributed by atoms with Crippen LogP contribution in [0.1, 0.15) is 18.4 Å². The second-order valence-electron chi connectivity index (χ2n) is 5.35. The Kier molecular flexibility index (Phi) is 4.08. The van der Waals surface area contributed by atoms with Crippen LogP contribution < -0.4 is 5.32 Å². The third-order valence-electron chi connectivity index (χ3n) is 4.09. The van der Waals surface area contributed by atoms with Crippen LogP contribution in [0.25, 0.3) is 10.9 Å². The normalized spacial score (nSPS) is 19.0. The number of fused-ring (bicyclic) bond motifs is 1. The summed E-state index contributed by atoms with van der Waals surface area (Å²) in [4.78, 5) is 18.6. The molecule has 1 fully saturated rings. The number of pyridine rings is 1. The van der Waals surface area contributed by atoms with E-state index in [-0.39, 0.29) is 11.9 Å². The molecule has 3 rings (SSSR count). The average molecular weight is 304 g/mol. The van der Waals surface area contributed by atoms with E-state index in [4.69, 9.17) is 11.6 Å². The van der Waals surface area contributed by atoms with Gasteiger partial charge in [0, 0.05) is 30.2 Å². The molecule has 0 bridgehead atoms. The van der Waals surface area contributed by atoms with Crippen molar-refractivity contribution in [1.29, 1.82) is 0 Å². The lowest BCUT2D eigenvalue weighted by Gasteiger charge is -2.23. The van der Waals surface area contributed by atoms with Gasteiger partial charge in [-0.3, -0.25) is 14.7 Å². The Bertz CT molecular complexity index is 674. The summed E-state index contributed by atoms with van der Waals surface area (Å²) in [6, 6.07) is 7.75. The predicted octanol–water partition coefficient (Wildman–Crippen LogP) is 2.60. The minimum Gasteiger partial charge on any atom is -0.358 e. The first-order valence-corrected chi connectivity index (χ1v) is 7.56. The van der Waals surface area contributed by atoms with Crippen molar-refractivity contribution in [3.63, 3.8) is 0 Å². The zero-order valence-corrected chi connectivity index (χ0v) is 12.7. The summed E-state index contributed by atoms with van der Waals surface area (Å²) in [5, 5.41) is 4.43. The van der Waals surface area contributed by atoms with Crippen LogP contribution in [-0.4, -0.2) is 35.4 Å².